The van der Waals surface area contributed by atoms with E-state index in [1.807, 2.05) is 0 Å². The molecule has 0 radical (unpaired) electrons. The average Bonchev–Trinajstić information content (AvgIpc) is 2.38. The fraction of sp³-hybridized carbons (Fsp3) is 0.545. The quantitative estimate of drug-likeness (QED) is 0.779. The molecule has 2 rings (SSSR count). The van der Waals surface area contributed by atoms with Crippen LogP contribution < -0.4 is 10.9 Å². The van der Waals surface area contributed by atoms with Crippen LogP contribution in [0.5, 0.6) is 0 Å². The predicted molar refractivity (Wildman–Crippen MR) is 60.8 cm³/mol. The molecule has 6 nitrogen and oxygen atoms in total. The van der Waals surface area contributed by atoms with Gasteiger partial charge in [0, 0.05) is 19.2 Å². The second kappa shape index (κ2) is 5.58. The molecule has 1 aromatic rings. The molecule has 0 bridgehead atoms. The number of carbonyl (C=O) groups excluding carboxylic acids is 1. The fourth-order valence-electron chi connectivity index (χ4n) is 1.74. The average molecular weight is 237 g/mol. The molecule has 2 N–H and O–H groups in total. The summed E-state index contributed by atoms with van der Waals surface area (Å²) in [6.45, 7) is 1.25. The standard InChI is InChI=1S/C11H15N3O3/c15-10-5-4-9(13-14-10)11(16)12-7-8-3-1-2-6-17-8/h4-5,8H,1-3,6-7H2,(H,12,16)(H,14,15). The number of amides is 1. The summed E-state index contributed by atoms with van der Waals surface area (Å²) in [4.78, 5) is 22.4. The molecule has 1 aliphatic rings. The van der Waals surface area contributed by atoms with Crippen LogP contribution in [-0.4, -0.2) is 35.4 Å². The Bertz CT molecular complexity index is 417. The number of aromatic amines is 1. The van der Waals surface area contributed by atoms with Crippen molar-refractivity contribution in [1.29, 1.82) is 0 Å². The third kappa shape index (κ3) is 3.39. The van der Waals surface area contributed by atoms with Gasteiger partial charge in [-0.2, -0.15) is 5.10 Å². The maximum Gasteiger partial charge on any atom is 0.271 e. The van der Waals surface area contributed by atoms with Gasteiger partial charge < -0.3 is 10.1 Å². The summed E-state index contributed by atoms with van der Waals surface area (Å²) >= 11 is 0. The van der Waals surface area contributed by atoms with Gasteiger partial charge in [-0.05, 0) is 25.3 Å². The minimum Gasteiger partial charge on any atom is -0.376 e. The first-order chi connectivity index (χ1) is 8.25. The first kappa shape index (κ1) is 11.8. The van der Waals surface area contributed by atoms with Crippen molar-refractivity contribution in [2.75, 3.05) is 13.2 Å². The first-order valence-corrected chi connectivity index (χ1v) is 5.71. The van der Waals surface area contributed by atoms with Crippen molar-refractivity contribution in [2.45, 2.75) is 25.4 Å². The van der Waals surface area contributed by atoms with Crippen LogP contribution in [0, 0.1) is 0 Å². The van der Waals surface area contributed by atoms with Gasteiger partial charge in [-0.3, -0.25) is 9.59 Å². The Hall–Kier alpha value is -1.69. The summed E-state index contributed by atoms with van der Waals surface area (Å²) in [7, 11) is 0. The van der Waals surface area contributed by atoms with Crippen molar-refractivity contribution < 1.29 is 9.53 Å². The molecule has 0 aliphatic carbocycles. The summed E-state index contributed by atoms with van der Waals surface area (Å²) in [6, 6.07) is 2.68. The number of carbonyl (C=O) groups is 1. The van der Waals surface area contributed by atoms with Crippen molar-refractivity contribution in [3.8, 4) is 0 Å². The molecule has 1 saturated heterocycles. The van der Waals surface area contributed by atoms with Crippen molar-refractivity contribution in [3.05, 3.63) is 28.2 Å². The zero-order valence-corrected chi connectivity index (χ0v) is 9.44. The highest BCUT2D eigenvalue weighted by Crippen LogP contribution is 2.11. The van der Waals surface area contributed by atoms with Crippen LogP contribution in [0.2, 0.25) is 0 Å². The van der Waals surface area contributed by atoms with Crippen LogP contribution in [0.25, 0.3) is 0 Å². The van der Waals surface area contributed by atoms with Crippen molar-refractivity contribution >= 4 is 5.91 Å². The Morgan fingerprint density at radius 1 is 1.53 bits per heavy atom. The van der Waals surface area contributed by atoms with Gasteiger partial charge in [0.05, 0.1) is 6.10 Å². The number of rotatable bonds is 3. The smallest absolute Gasteiger partial charge is 0.271 e. The van der Waals surface area contributed by atoms with Crippen molar-refractivity contribution in [2.24, 2.45) is 0 Å². The molecule has 1 fully saturated rings. The second-order valence-corrected chi connectivity index (χ2v) is 4.01. The van der Waals surface area contributed by atoms with Gasteiger partial charge >= 0.3 is 0 Å². The van der Waals surface area contributed by atoms with E-state index in [0.717, 1.165) is 25.9 Å². The van der Waals surface area contributed by atoms with E-state index in [1.54, 1.807) is 0 Å². The lowest BCUT2D eigenvalue weighted by Gasteiger charge is -2.22. The highest BCUT2D eigenvalue weighted by atomic mass is 16.5. The summed E-state index contributed by atoms with van der Waals surface area (Å²) in [5.41, 5.74) is -0.113. The molecule has 1 aliphatic heterocycles. The van der Waals surface area contributed by atoms with Crippen LogP contribution >= 0.6 is 0 Å². The molecular weight excluding hydrogens is 222 g/mol. The van der Waals surface area contributed by atoms with Crippen molar-refractivity contribution in [3.63, 3.8) is 0 Å². The molecule has 17 heavy (non-hydrogen) atoms. The monoisotopic (exact) mass is 237 g/mol. The van der Waals surface area contributed by atoms with Gasteiger partial charge in [-0.15, -0.1) is 0 Å². The third-order valence-electron chi connectivity index (χ3n) is 2.68. The molecule has 0 aromatic carbocycles. The zero-order valence-electron chi connectivity index (χ0n) is 9.44. The number of hydrogen-bond acceptors (Lipinski definition) is 4. The van der Waals surface area contributed by atoms with Crippen LogP contribution in [-0.2, 0) is 4.74 Å². The summed E-state index contributed by atoms with van der Waals surface area (Å²) < 4.78 is 5.49. The Balaban J connectivity index is 1.84. The Morgan fingerprint density at radius 3 is 3.06 bits per heavy atom. The Kier molecular flexibility index (Phi) is 3.87. The van der Waals surface area contributed by atoms with E-state index in [-0.39, 0.29) is 23.3 Å². The molecule has 92 valence electrons. The number of H-pyrrole nitrogens is 1. The zero-order chi connectivity index (χ0) is 12.1. The largest absolute Gasteiger partial charge is 0.376 e. The Morgan fingerprint density at radius 2 is 2.41 bits per heavy atom. The van der Waals surface area contributed by atoms with E-state index in [0.29, 0.717) is 6.54 Å². The molecule has 0 saturated carbocycles. The van der Waals surface area contributed by atoms with Crippen LogP contribution in [0.15, 0.2) is 16.9 Å². The second-order valence-electron chi connectivity index (χ2n) is 4.01. The van der Waals surface area contributed by atoms with Crippen LogP contribution in [0.4, 0.5) is 0 Å². The number of nitrogens with zero attached hydrogens (tertiary/aromatic N) is 1. The van der Waals surface area contributed by atoms with Crippen LogP contribution in [0.1, 0.15) is 29.8 Å². The Labute approximate surface area is 98.4 Å². The van der Waals surface area contributed by atoms with Gasteiger partial charge in [-0.1, -0.05) is 0 Å². The molecule has 1 amide bonds. The number of hydrogen-bond donors (Lipinski definition) is 2. The molecule has 0 spiro atoms. The molecule has 1 aromatic heterocycles. The normalized spacial score (nSPS) is 19.9. The number of aromatic nitrogens is 2. The fourth-order valence-corrected chi connectivity index (χ4v) is 1.74. The van der Waals surface area contributed by atoms with Gasteiger partial charge in [0.1, 0.15) is 5.69 Å². The predicted octanol–water partition coefficient (Wildman–Crippen LogP) is 0.0688. The third-order valence-corrected chi connectivity index (χ3v) is 2.68. The van der Waals surface area contributed by atoms with E-state index in [2.05, 4.69) is 15.5 Å². The highest BCUT2D eigenvalue weighted by Gasteiger charge is 2.15. The van der Waals surface area contributed by atoms with Gasteiger partial charge in [0.2, 0.25) is 0 Å². The van der Waals surface area contributed by atoms with E-state index in [1.165, 1.54) is 12.1 Å². The maximum absolute atomic E-state index is 11.6. The minimum atomic E-state index is -0.322. The lowest BCUT2D eigenvalue weighted by Crippen LogP contribution is -2.36. The van der Waals surface area contributed by atoms with Gasteiger partial charge in [-0.25, -0.2) is 5.10 Å². The summed E-state index contributed by atoms with van der Waals surface area (Å²) in [5, 5.41) is 8.61. The molecule has 1 atom stereocenters. The lowest BCUT2D eigenvalue weighted by atomic mass is 10.1. The van der Waals surface area contributed by atoms with E-state index >= 15 is 0 Å². The van der Waals surface area contributed by atoms with Crippen LogP contribution in [0.3, 0.4) is 0 Å². The molecule has 6 heteroatoms. The van der Waals surface area contributed by atoms with Gasteiger partial charge in [0.15, 0.2) is 0 Å². The molecule has 2 heterocycles. The maximum atomic E-state index is 11.6. The van der Waals surface area contributed by atoms with E-state index in [9.17, 15) is 9.59 Å². The topological polar surface area (TPSA) is 84.1 Å². The van der Waals surface area contributed by atoms with Crippen molar-refractivity contribution in [1.82, 2.24) is 15.5 Å². The minimum absolute atomic E-state index is 0.0930. The lowest BCUT2D eigenvalue weighted by molar-refractivity contribution is 0.0168. The summed E-state index contributed by atoms with van der Waals surface area (Å²) in [5.74, 6) is -0.296. The number of ether oxygens (including phenoxy) is 1. The van der Waals surface area contributed by atoms with E-state index in [4.69, 9.17) is 4.74 Å². The highest BCUT2D eigenvalue weighted by molar-refractivity contribution is 5.91. The molecular formula is C11H15N3O3. The van der Waals surface area contributed by atoms with Gasteiger partial charge in [0.25, 0.3) is 11.5 Å². The van der Waals surface area contributed by atoms with E-state index < -0.39 is 0 Å². The SMILES string of the molecule is O=C(NCC1CCCCO1)c1ccc(=O)[nH]n1. The first-order valence-electron chi connectivity index (χ1n) is 5.71. The molecule has 1 unspecified atom stereocenters. The summed E-state index contributed by atoms with van der Waals surface area (Å²) in [6.07, 6.45) is 3.29. The number of nitrogens with one attached hydrogen (secondary N) is 2.